The standard InChI is InChI=1S/C15H22N6O2/c22-8-5-16-13-11-3-1-2-4-12(11)17-14-18-15(19-21(13)14)20-6-9-23-10-7-20/h16,22H,1-10H2. The first kappa shape index (κ1) is 14.6. The van der Waals surface area contributed by atoms with Crippen LogP contribution in [-0.4, -0.2) is 64.1 Å². The zero-order valence-electron chi connectivity index (χ0n) is 13.2. The molecule has 0 radical (unpaired) electrons. The van der Waals surface area contributed by atoms with E-state index >= 15 is 0 Å². The van der Waals surface area contributed by atoms with Crippen molar-refractivity contribution >= 4 is 17.5 Å². The Morgan fingerprint density at radius 3 is 2.78 bits per heavy atom. The Morgan fingerprint density at radius 1 is 1.13 bits per heavy atom. The van der Waals surface area contributed by atoms with Crippen molar-refractivity contribution in [3.8, 4) is 0 Å². The molecule has 2 aromatic heterocycles. The Bertz CT molecular complexity index is 695. The molecule has 0 atom stereocenters. The number of hydrogen-bond acceptors (Lipinski definition) is 7. The van der Waals surface area contributed by atoms with E-state index < -0.39 is 0 Å². The zero-order valence-corrected chi connectivity index (χ0v) is 13.2. The molecule has 1 aliphatic carbocycles. The minimum absolute atomic E-state index is 0.0869. The third kappa shape index (κ3) is 2.72. The fourth-order valence-electron chi connectivity index (χ4n) is 3.29. The molecule has 1 aliphatic heterocycles. The summed E-state index contributed by atoms with van der Waals surface area (Å²) in [6.45, 7) is 3.60. The molecule has 0 saturated carbocycles. The molecule has 0 amide bonds. The molecule has 0 bridgehead atoms. The first-order chi connectivity index (χ1) is 11.4. The lowest BCUT2D eigenvalue weighted by molar-refractivity contribution is 0.122. The van der Waals surface area contributed by atoms with Crippen molar-refractivity contribution in [2.75, 3.05) is 49.7 Å². The van der Waals surface area contributed by atoms with Crippen LogP contribution in [0.2, 0.25) is 0 Å². The summed E-state index contributed by atoms with van der Waals surface area (Å²) in [5.74, 6) is 2.27. The molecule has 0 spiro atoms. The molecule has 1 fully saturated rings. The second-order valence-corrected chi connectivity index (χ2v) is 5.97. The van der Waals surface area contributed by atoms with Crippen LogP contribution in [0.15, 0.2) is 0 Å². The molecule has 8 heteroatoms. The van der Waals surface area contributed by atoms with Gasteiger partial charge in [-0.15, -0.1) is 5.10 Å². The predicted molar refractivity (Wildman–Crippen MR) is 86.0 cm³/mol. The van der Waals surface area contributed by atoms with Gasteiger partial charge in [0.05, 0.1) is 25.5 Å². The van der Waals surface area contributed by atoms with Crippen LogP contribution >= 0.6 is 0 Å². The molecule has 2 N–H and O–H groups in total. The molecular formula is C15H22N6O2. The van der Waals surface area contributed by atoms with Gasteiger partial charge in [-0.25, -0.2) is 4.98 Å². The topological polar surface area (TPSA) is 87.8 Å². The Labute approximate surface area is 134 Å². The van der Waals surface area contributed by atoms with E-state index in [0.717, 1.165) is 37.4 Å². The van der Waals surface area contributed by atoms with Gasteiger partial charge in [0.2, 0.25) is 5.95 Å². The van der Waals surface area contributed by atoms with Crippen LogP contribution in [0.4, 0.5) is 11.8 Å². The van der Waals surface area contributed by atoms with E-state index in [2.05, 4.69) is 20.3 Å². The maximum Gasteiger partial charge on any atom is 0.256 e. The fourth-order valence-corrected chi connectivity index (χ4v) is 3.29. The van der Waals surface area contributed by atoms with Crippen LogP contribution < -0.4 is 10.2 Å². The van der Waals surface area contributed by atoms with Gasteiger partial charge in [0.15, 0.2) is 0 Å². The zero-order chi connectivity index (χ0) is 15.6. The van der Waals surface area contributed by atoms with E-state index in [-0.39, 0.29) is 6.61 Å². The Hall–Kier alpha value is -1.93. The highest BCUT2D eigenvalue weighted by atomic mass is 16.5. The predicted octanol–water partition coefficient (Wildman–Crippen LogP) is 0.244. The third-order valence-electron chi connectivity index (χ3n) is 4.45. The highest BCUT2D eigenvalue weighted by molar-refractivity contribution is 5.55. The maximum absolute atomic E-state index is 9.17. The minimum atomic E-state index is 0.0869. The monoisotopic (exact) mass is 318 g/mol. The van der Waals surface area contributed by atoms with Crippen molar-refractivity contribution in [3.63, 3.8) is 0 Å². The second kappa shape index (κ2) is 6.29. The van der Waals surface area contributed by atoms with Gasteiger partial charge in [0, 0.05) is 25.2 Å². The van der Waals surface area contributed by atoms with Gasteiger partial charge >= 0.3 is 0 Å². The molecule has 2 aliphatic rings. The number of fused-ring (bicyclic) bond motifs is 2. The van der Waals surface area contributed by atoms with Crippen LogP contribution in [0.5, 0.6) is 0 Å². The lowest BCUT2D eigenvalue weighted by Gasteiger charge is -2.25. The maximum atomic E-state index is 9.17. The third-order valence-corrected chi connectivity index (χ3v) is 4.45. The number of morpholine rings is 1. The molecule has 8 nitrogen and oxygen atoms in total. The average molecular weight is 318 g/mol. The number of rotatable bonds is 4. The number of aryl methyl sites for hydroxylation is 1. The molecule has 0 unspecified atom stereocenters. The number of aliphatic hydroxyl groups is 1. The van der Waals surface area contributed by atoms with Crippen molar-refractivity contribution in [1.29, 1.82) is 0 Å². The second-order valence-electron chi connectivity index (χ2n) is 5.97. The van der Waals surface area contributed by atoms with Gasteiger partial charge in [-0.1, -0.05) is 0 Å². The molecule has 124 valence electrons. The first-order valence-electron chi connectivity index (χ1n) is 8.33. The fraction of sp³-hybridized carbons (Fsp3) is 0.667. The number of hydrogen-bond donors (Lipinski definition) is 2. The number of ether oxygens (including phenoxy) is 1. The van der Waals surface area contributed by atoms with Gasteiger partial charge in [-0.3, -0.25) is 0 Å². The average Bonchev–Trinajstić information content (AvgIpc) is 3.03. The van der Waals surface area contributed by atoms with Crippen LogP contribution in [-0.2, 0) is 17.6 Å². The van der Waals surface area contributed by atoms with Gasteiger partial charge in [-0.2, -0.15) is 9.50 Å². The summed E-state index contributed by atoms with van der Waals surface area (Å²) in [6.07, 6.45) is 4.32. The molecular weight excluding hydrogens is 296 g/mol. The summed E-state index contributed by atoms with van der Waals surface area (Å²) in [5, 5.41) is 17.1. The van der Waals surface area contributed by atoms with Crippen LogP contribution in [0.1, 0.15) is 24.1 Å². The summed E-state index contributed by atoms with van der Waals surface area (Å²) < 4.78 is 7.19. The van der Waals surface area contributed by atoms with E-state index in [1.165, 1.54) is 18.4 Å². The lowest BCUT2D eigenvalue weighted by atomic mass is 9.96. The summed E-state index contributed by atoms with van der Waals surface area (Å²) in [5.41, 5.74) is 2.33. The highest BCUT2D eigenvalue weighted by Gasteiger charge is 2.22. The first-order valence-corrected chi connectivity index (χ1v) is 8.33. The number of anilines is 2. The van der Waals surface area contributed by atoms with Gasteiger partial charge < -0.3 is 20.1 Å². The van der Waals surface area contributed by atoms with Crippen LogP contribution in [0.3, 0.4) is 0 Å². The smallest absolute Gasteiger partial charge is 0.256 e. The van der Waals surface area contributed by atoms with Crippen molar-refractivity contribution in [1.82, 2.24) is 19.6 Å². The lowest BCUT2D eigenvalue weighted by Crippen LogP contribution is -2.36. The SMILES string of the molecule is OCCNc1c2c(nc3nc(N4CCOCC4)nn13)CCCC2. The number of aliphatic hydroxyl groups excluding tert-OH is 1. The normalized spacial score (nSPS) is 18.2. The number of aromatic nitrogens is 4. The van der Waals surface area contributed by atoms with E-state index in [1.807, 2.05) is 0 Å². The van der Waals surface area contributed by atoms with Crippen LogP contribution in [0, 0.1) is 0 Å². The summed E-state index contributed by atoms with van der Waals surface area (Å²) in [6, 6.07) is 0. The van der Waals surface area contributed by atoms with Gasteiger partial charge in [0.1, 0.15) is 5.82 Å². The van der Waals surface area contributed by atoms with Gasteiger partial charge in [-0.05, 0) is 25.7 Å². The van der Waals surface area contributed by atoms with Crippen molar-refractivity contribution in [2.45, 2.75) is 25.7 Å². The van der Waals surface area contributed by atoms with E-state index in [4.69, 9.17) is 14.8 Å². The summed E-state index contributed by atoms with van der Waals surface area (Å²) in [7, 11) is 0. The largest absolute Gasteiger partial charge is 0.395 e. The molecule has 23 heavy (non-hydrogen) atoms. The summed E-state index contributed by atoms with van der Waals surface area (Å²) >= 11 is 0. The molecule has 2 aromatic rings. The van der Waals surface area contributed by atoms with E-state index in [0.29, 0.717) is 31.5 Å². The van der Waals surface area contributed by atoms with Crippen molar-refractivity contribution < 1.29 is 9.84 Å². The van der Waals surface area contributed by atoms with Gasteiger partial charge in [0.25, 0.3) is 5.78 Å². The van der Waals surface area contributed by atoms with Crippen LogP contribution in [0.25, 0.3) is 5.78 Å². The van der Waals surface area contributed by atoms with Crippen molar-refractivity contribution in [3.05, 3.63) is 11.3 Å². The number of nitrogens with one attached hydrogen (secondary N) is 1. The Morgan fingerprint density at radius 2 is 1.96 bits per heavy atom. The molecule has 1 saturated heterocycles. The Balaban J connectivity index is 1.78. The molecule has 0 aromatic carbocycles. The summed E-state index contributed by atoms with van der Waals surface area (Å²) in [4.78, 5) is 11.5. The molecule has 4 rings (SSSR count). The van der Waals surface area contributed by atoms with E-state index in [1.54, 1.807) is 4.52 Å². The molecule has 3 heterocycles. The van der Waals surface area contributed by atoms with E-state index in [9.17, 15) is 0 Å². The number of nitrogens with zero attached hydrogens (tertiary/aromatic N) is 5. The van der Waals surface area contributed by atoms with Crippen molar-refractivity contribution in [2.24, 2.45) is 0 Å². The quantitative estimate of drug-likeness (QED) is 0.835. The minimum Gasteiger partial charge on any atom is -0.395 e. The Kier molecular flexibility index (Phi) is 4.00. The highest BCUT2D eigenvalue weighted by Crippen LogP contribution is 2.28.